The highest BCUT2D eigenvalue weighted by Crippen LogP contribution is 2.38. The summed E-state index contributed by atoms with van der Waals surface area (Å²) in [6.45, 7) is 3.25. The molecule has 1 saturated heterocycles. The number of amides is 1. The molecule has 4 rings (SSSR count). The van der Waals surface area contributed by atoms with Gasteiger partial charge in [0.2, 0.25) is 0 Å². The van der Waals surface area contributed by atoms with Gasteiger partial charge in [-0.3, -0.25) is 10.3 Å². The lowest BCUT2D eigenvalue weighted by molar-refractivity contribution is 0.0779. The molecule has 2 heterocycles. The highest BCUT2D eigenvalue weighted by molar-refractivity contribution is 6.03. The molecule has 2 aliphatic heterocycles. The van der Waals surface area contributed by atoms with E-state index < -0.39 is 5.66 Å². The van der Waals surface area contributed by atoms with E-state index in [1.54, 1.807) is 31.3 Å². The van der Waals surface area contributed by atoms with Crippen molar-refractivity contribution in [2.45, 2.75) is 37.9 Å². The van der Waals surface area contributed by atoms with Gasteiger partial charge in [0.05, 0.1) is 20.8 Å². The summed E-state index contributed by atoms with van der Waals surface area (Å²) >= 11 is 0. The van der Waals surface area contributed by atoms with Crippen molar-refractivity contribution in [1.29, 1.82) is 0 Å². The molecule has 1 spiro atoms. The summed E-state index contributed by atoms with van der Waals surface area (Å²) in [5.74, 6) is 1.54. The van der Waals surface area contributed by atoms with Crippen LogP contribution in [0.4, 0.5) is 4.79 Å². The Morgan fingerprint density at radius 3 is 2.55 bits per heavy atom. The molecule has 2 aromatic rings. The molecular weight excluding hydrogens is 422 g/mol. The van der Waals surface area contributed by atoms with Crippen LogP contribution in [0.1, 0.15) is 43.4 Å². The summed E-state index contributed by atoms with van der Waals surface area (Å²) in [5, 5.41) is 14.3. The lowest BCUT2D eigenvalue weighted by Crippen LogP contribution is -2.56. The van der Waals surface area contributed by atoms with Crippen LogP contribution in [0.2, 0.25) is 0 Å². The number of likely N-dealkylation sites (tertiary alicyclic amines) is 1. The second-order valence-electron chi connectivity index (χ2n) is 8.31. The first-order chi connectivity index (χ1) is 16.0. The summed E-state index contributed by atoms with van der Waals surface area (Å²) in [7, 11) is 3.24. The second kappa shape index (κ2) is 9.70. The number of piperidine rings is 1. The maximum absolute atomic E-state index is 12.2. The molecule has 2 N–H and O–H groups in total. The van der Waals surface area contributed by atoms with E-state index in [2.05, 4.69) is 5.32 Å². The number of benzene rings is 2. The summed E-state index contributed by atoms with van der Waals surface area (Å²) < 4.78 is 16.1. The van der Waals surface area contributed by atoms with E-state index in [0.717, 1.165) is 16.8 Å². The monoisotopic (exact) mass is 453 g/mol. The highest BCUT2D eigenvalue weighted by atomic mass is 16.6. The molecule has 8 nitrogen and oxygen atoms in total. The van der Waals surface area contributed by atoms with Gasteiger partial charge in [-0.05, 0) is 36.8 Å². The zero-order valence-corrected chi connectivity index (χ0v) is 19.3. The van der Waals surface area contributed by atoms with Crippen molar-refractivity contribution in [2.24, 2.45) is 4.99 Å². The molecule has 0 aliphatic carbocycles. The Morgan fingerprint density at radius 1 is 1.15 bits per heavy atom. The zero-order valence-electron chi connectivity index (χ0n) is 19.3. The van der Waals surface area contributed by atoms with Crippen LogP contribution in [0.3, 0.4) is 0 Å². The minimum Gasteiger partial charge on any atom is -0.507 e. The van der Waals surface area contributed by atoms with Gasteiger partial charge in [-0.2, -0.15) is 0 Å². The predicted octanol–water partition coefficient (Wildman–Crippen LogP) is 3.88. The number of aromatic hydroxyl groups is 1. The number of phenolic OH excluding ortho intramolecular Hbond substituents is 1. The summed E-state index contributed by atoms with van der Waals surface area (Å²) in [5.41, 5.74) is 2.08. The molecule has 0 aromatic heterocycles. The number of rotatable bonds is 5. The lowest BCUT2D eigenvalue weighted by Gasteiger charge is -2.45. The summed E-state index contributed by atoms with van der Waals surface area (Å²) in [4.78, 5) is 19.0. The normalized spacial score (nSPS) is 19.7. The van der Waals surface area contributed by atoms with Gasteiger partial charge in [-0.25, -0.2) is 4.79 Å². The molecule has 1 unspecified atom stereocenters. The third-order valence-corrected chi connectivity index (χ3v) is 6.33. The van der Waals surface area contributed by atoms with Crippen LogP contribution < -0.4 is 14.8 Å². The average Bonchev–Trinajstić information content (AvgIpc) is 2.84. The topological polar surface area (TPSA) is 92.6 Å². The Morgan fingerprint density at radius 2 is 1.88 bits per heavy atom. The van der Waals surface area contributed by atoms with Crippen molar-refractivity contribution in [3.63, 3.8) is 0 Å². The van der Waals surface area contributed by atoms with Gasteiger partial charge < -0.3 is 24.2 Å². The van der Waals surface area contributed by atoms with Crippen LogP contribution in [-0.4, -0.2) is 61.4 Å². The third-order valence-electron chi connectivity index (χ3n) is 6.33. The van der Waals surface area contributed by atoms with Crippen LogP contribution in [0.25, 0.3) is 0 Å². The van der Waals surface area contributed by atoms with Gasteiger partial charge in [-0.1, -0.05) is 18.2 Å². The van der Waals surface area contributed by atoms with E-state index >= 15 is 0 Å². The van der Waals surface area contributed by atoms with E-state index in [9.17, 15) is 9.90 Å². The minimum atomic E-state index is -0.545. The summed E-state index contributed by atoms with van der Waals surface area (Å²) in [6.07, 6.45) is 1.61. The number of hydrogen-bond acceptors (Lipinski definition) is 7. The maximum Gasteiger partial charge on any atom is 0.409 e. The largest absolute Gasteiger partial charge is 0.507 e. The van der Waals surface area contributed by atoms with Crippen LogP contribution in [-0.2, 0) is 4.74 Å². The number of carbonyl (C=O) groups excluding carboxylic acids is 1. The van der Waals surface area contributed by atoms with Crippen LogP contribution in [0, 0.1) is 0 Å². The number of phenols is 1. The van der Waals surface area contributed by atoms with Gasteiger partial charge in [0.15, 0.2) is 11.5 Å². The molecule has 1 fully saturated rings. The number of nitrogens with zero attached hydrogens (tertiary/aromatic N) is 2. The fourth-order valence-electron chi connectivity index (χ4n) is 4.59. The van der Waals surface area contributed by atoms with Crippen molar-refractivity contribution in [3.8, 4) is 17.2 Å². The van der Waals surface area contributed by atoms with Crippen molar-refractivity contribution in [3.05, 3.63) is 53.6 Å². The molecule has 2 aliphatic rings. The summed E-state index contributed by atoms with van der Waals surface area (Å²) in [6, 6.07) is 13.1. The number of hydrogen-bond donors (Lipinski definition) is 2. The maximum atomic E-state index is 12.2. The number of nitrogens with one attached hydrogen (secondary N) is 1. The molecule has 0 radical (unpaired) electrons. The molecular formula is C25H31N3O5. The Bertz CT molecular complexity index is 1030. The number of aliphatic imine (C=N–C) groups is 1. The molecule has 33 heavy (non-hydrogen) atoms. The van der Waals surface area contributed by atoms with E-state index in [0.29, 0.717) is 50.5 Å². The average molecular weight is 454 g/mol. The van der Waals surface area contributed by atoms with Gasteiger partial charge >= 0.3 is 6.09 Å². The predicted molar refractivity (Wildman–Crippen MR) is 125 cm³/mol. The van der Waals surface area contributed by atoms with E-state index in [1.165, 1.54) is 0 Å². The molecule has 176 valence electrons. The van der Waals surface area contributed by atoms with Gasteiger partial charge in [0.25, 0.3) is 0 Å². The smallest absolute Gasteiger partial charge is 0.409 e. The molecule has 1 amide bonds. The Labute approximate surface area is 194 Å². The second-order valence-corrected chi connectivity index (χ2v) is 8.31. The zero-order chi connectivity index (χ0) is 23.4. The highest BCUT2D eigenvalue weighted by Gasteiger charge is 2.41. The van der Waals surface area contributed by atoms with Gasteiger partial charge in [0, 0.05) is 49.7 Å². The van der Waals surface area contributed by atoms with E-state index in [4.69, 9.17) is 19.2 Å². The van der Waals surface area contributed by atoms with E-state index in [1.807, 2.05) is 37.3 Å². The minimum absolute atomic E-state index is 0.0499. The first kappa shape index (κ1) is 22.9. The van der Waals surface area contributed by atoms with Crippen LogP contribution in [0.15, 0.2) is 47.5 Å². The van der Waals surface area contributed by atoms with E-state index in [-0.39, 0.29) is 17.9 Å². The van der Waals surface area contributed by atoms with Crippen LogP contribution in [0.5, 0.6) is 17.2 Å². The molecule has 0 bridgehead atoms. The first-order valence-electron chi connectivity index (χ1n) is 11.3. The number of methoxy groups -OCH3 is 2. The van der Waals surface area contributed by atoms with Crippen LogP contribution >= 0.6 is 0 Å². The lowest BCUT2D eigenvalue weighted by atomic mass is 9.87. The van der Waals surface area contributed by atoms with Crippen molar-refractivity contribution < 1.29 is 24.1 Å². The Hall–Kier alpha value is -3.26. The first-order valence-corrected chi connectivity index (χ1v) is 11.3. The fourth-order valence-corrected chi connectivity index (χ4v) is 4.59. The van der Waals surface area contributed by atoms with Crippen molar-refractivity contribution in [1.82, 2.24) is 10.2 Å². The quantitative estimate of drug-likeness (QED) is 0.714. The standard InChI is InChI=1S/C25H31N3O5/c1-4-33-24(30)28-13-11-25(12-14-28)26-19(17-9-10-22(31-2)23(15-17)32-3)16-20(27-25)18-7-5-6-8-21(18)29/h5-10,15,19,26,29H,4,11-14,16H2,1-3H3. The fraction of sp³-hybridized carbons (Fsp3) is 0.440. The molecule has 1 atom stereocenters. The molecule has 8 heteroatoms. The number of para-hydroxylation sites is 1. The van der Waals surface area contributed by atoms with Crippen molar-refractivity contribution >= 4 is 11.8 Å². The number of ether oxygens (including phenoxy) is 3. The number of carbonyl (C=O) groups is 1. The van der Waals surface area contributed by atoms with Gasteiger partial charge in [-0.15, -0.1) is 0 Å². The van der Waals surface area contributed by atoms with Crippen molar-refractivity contribution in [2.75, 3.05) is 33.9 Å². The van der Waals surface area contributed by atoms with Gasteiger partial charge in [0.1, 0.15) is 11.4 Å². The molecule has 0 saturated carbocycles. The Balaban J connectivity index is 1.67. The Kier molecular flexibility index (Phi) is 6.74. The molecule has 2 aromatic carbocycles. The third kappa shape index (κ3) is 4.75. The SMILES string of the molecule is CCOC(=O)N1CCC2(CC1)N=C(c1ccccc1O)CC(c1ccc(OC)c(OC)c1)N2.